The molecule has 2 heterocycles. The van der Waals surface area contributed by atoms with Gasteiger partial charge in [-0.3, -0.25) is 19.0 Å². The maximum absolute atomic E-state index is 13.3. The molecule has 9 heteroatoms. The molecule has 0 amide bonds. The second kappa shape index (κ2) is 9.18. The largest absolute Gasteiger partial charge is 0.297 e. The van der Waals surface area contributed by atoms with Crippen molar-refractivity contribution in [3.63, 3.8) is 0 Å². The van der Waals surface area contributed by atoms with Gasteiger partial charge in [0.05, 0.1) is 30.2 Å². The van der Waals surface area contributed by atoms with Gasteiger partial charge in [-0.2, -0.15) is 0 Å². The number of nitrogens with zero attached hydrogens (tertiary/aromatic N) is 3. The molecule has 6 nitrogen and oxygen atoms in total. The molecule has 1 fully saturated rings. The highest BCUT2D eigenvalue weighted by Gasteiger charge is 2.37. The number of halogens is 2. The lowest BCUT2D eigenvalue weighted by molar-refractivity contribution is 0.0123. The summed E-state index contributed by atoms with van der Waals surface area (Å²) in [6.45, 7) is 1.73. The van der Waals surface area contributed by atoms with Crippen LogP contribution >= 0.6 is 0 Å². The van der Waals surface area contributed by atoms with Crippen LogP contribution in [-0.2, 0) is 16.6 Å². The summed E-state index contributed by atoms with van der Waals surface area (Å²) in [5, 5.41) is 0. The van der Waals surface area contributed by atoms with Gasteiger partial charge in [0, 0.05) is 24.7 Å². The Morgan fingerprint density at radius 1 is 1.20 bits per heavy atom. The third-order valence-electron chi connectivity index (χ3n) is 5.04. The molecule has 0 bridgehead atoms. The number of benzene rings is 1. The number of sulfonamides is 1. The van der Waals surface area contributed by atoms with E-state index in [1.54, 1.807) is 47.4 Å². The lowest BCUT2D eigenvalue weighted by Gasteiger charge is -2.25. The number of Topliss-reactive ketones (excluding diaryl/α,β-unsaturated/α-hetero) is 1. The molecule has 2 aromatic rings. The zero-order valence-electron chi connectivity index (χ0n) is 16.8. The number of alkyl halides is 2. The van der Waals surface area contributed by atoms with Gasteiger partial charge >= 0.3 is 0 Å². The van der Waals surface area contributed by atoms with E-state index in [2.05, 4.69) is 4.98 Å². The molecule has 1 saturated heterocycles. The standard InChI is InChI=1S/C21H25F2N3O3S/c1-17(27)18-8-9-19(24-14-18)15-26(20-6-3-2-4-7-20)30(28,29)13-5-11-25-12-10-21(22,23)16-25/h2-4,6-9,14H,5,10-13,15-16H2,1H3. The van der Waals surface area contributed by atoms with E-state index >= 15 is 0 Å². The van der Waals surface area contributed by atoms with Crippen molar-refractivity contribution in [2.45, 2.75) is 32.2 Å². The number of ketones is 1. The summed E-state index contributed by atoms with van der Waals surface area (Å²) in [7, 11) is -3.71. The third kappa shape index (κ3) is 5.82. The summed E-state index contributed by atoms with van der Waals surface area (Å²) < 4.78 is 54.1. The summed E-state index contributed by atoms with van der Waals surface area (Å²) in [6.07, 6.45) is 1.51. The molecule has 1 aliphatic rings. The Labute approximate surface area is 175 Å². The number of hydrogen-bond donors (Lipinski definition) is 0. The Morgan fingerprint density at radius 2 is 1.93 bits per heavy atom. The molecule has 0 radical (unpaired) electrons. The summed E-state index contributed by atoms with van der Waals surface area (Å²) in [4.78, 5) is 17.3. The molecule has 1 aromatic carbocycles. The van der Waals surface area contributed by atoms with Crippen LogP contribution in [0.4, 0.5) is 14.5 Å². The highest BCUT2D eigenvalue weighted by molar-refractivity contribution is 7.92. The van der Waals surface area contributed by atoms with Gasteiger partial charge < -0.3 is 0 Å². The van der Waals surface area contributed by atoms with Crippen LogP contribution in [0.3, 0.4) is 0 Å². The topological polar surface area (TPSA) is 70.6 Å². The minimum Gasteiger partial charge on any atom is -0.297 e. The average Bonchev–Trinajstić information content (AvgIpc) is 3.05. The fraction of sp³-hybridized carbons (Fsp3) is 0.429. The van der Waals surface area contributed by atoms with Gasteiger partial charge in [-0.1, -0.05) is 18.2 Å². The monoisotopic (exact) mass is 437 g/mol. The van der Waals surface area contributed by atoms with Crippen LogP contribution in [0.5, 0.6) is 0 Å². The van der Waals surface area contributed by atoms with E-state index in [1.807, 2.05) is 0 Å². The first-order valence-electron chi connectivity index (χ1n) is 9.78. The molecule has 1 aliphatic heterocycles. The smallest absolute Gasteiger partial charge is 0.261 e. The van der Waals surface area contributed by atoms with E-state index in [9.17, 15) is 22.0 Å². The lowest BCUT2D eigenvalue weighted by Crippen LogP contribution is -2.34. The molecule has 0 aliphatic carbocycles. The molecule has 1 aromatic heterocycles. The number of hydrogen-bond acceptors (Lipinski definition) is 5. The van der Waals surface area contributed by atoms with E-state index in [4.69, 9.17) is 0 Å². The van der Waals surface area contributed by atoms with Crippen molar-refractivity contribution >= 4 is 21.5 Å². The van der Waals surface area contributed by atoms with Crippen LogP contribution in [0.15, 0.2) is 48.7 Å². The molecule has 0 N–H and O–H groups in total. The third-order valence-corrected chi connectivity index (χ3v) is 6.86. The van der Waals surface area contributed by atoms with E-state index < -0.39 is 15.9 Å². The average molecular weight is 438 g/mol. The maximum Gasteiger partial charge on any atom is 0.261 e. The number of para-hydroxylation sites is 1. The van der Waals surface area contributed by atoms with Crippen LogP contribution in [0.2, 0.25) is 0 Å². The first-order valence-corrected chi connectivity index (χ1v) is 11.4. The predicted molar refractivity (Wildman–Crippen MR) is 111 cm³/mol. The highest BCUT2D eigenvalue weighted by atomic mass is 32.2. The number of pyridine rings is 1. The fourth-order valence-corrected chi connectivity index (χ4v) is 4.88. The summed E-state index contributed by atoms with van der Waals surface area (Å²) in [6, 6.07) is 11.9. The molecule has 0 spiro atoms. The van der Waals surface area contributed by atoms with Crippen molar-refractivity contribution in [3.8, 4) is 0 Å². The molecule has 0 saturated carbocycles. The van der Waals surface area contributed by atoms with Crippen molar-refractivity contribution in [2.24, 2.45) is 0 Å². The van der Waals surface area contributed by atoms with Gasteiger partial charge in [0.2, 0.25) is 10.0 Å². The van der Waals surface area contributed by atoms with E-state index in [1.165, 1.54) is 17.4 Å². The predicted octanol–water partition coefficient (Wildman–Crippen LogP) is 3.35. The second-order valence-corrected chi connectivity index (χ2v) is 9.50. The van der Waals surface area contributed by atoms with Crippen LogP contribution in [-0.4, -0.2) is 55.4 Å². The van der Waals surface area contributed by atoms with Crippen LogP contribution in [0.1, 0.15) is 35.8 Å². The molecular formula is C21H25F2N3O3S. The first kappa shape index (κ1) is 22.3. The van der Waals surface area contributed by atoms with Crippen LogP contribution in [0.25, 0.3) is 0 Å². The number of aromatic nitrogens is 1. The Balaban J connectivity index is 1.72. The Morgan fingerprint density at radius 3 is 2.50 bits per heavy atom. The van der Waals surface area contributed by atoms with Crippen molar-refractivity contribution < 1.29 is 22.0 Å². The van der Waals surface area contributed by atoms with Crippen molar-refractivity contribution in [3.05, 3.63) is 59.9 Å². The number of likely N-dealkylation sites (tertiary alicyclic amines) is 1. The van der Waals surface area contributed by atoms with Crippen molar-refractivity contribution in [1.29, 1.82) is 0 Å². The zero-order chi connectivity index (χ0) is 21.8. The maximum atomic E-state index is 13.3. The summed E-state index contributed by atoms with van der Waals surface area (Å²) in [5.74, 6) is -2.96. The van der Waals surface area contributed by atoms with E-state index in [-0.39, 0.29) is 44.0 Å². The van der Waals surface area contributed by atoms with Gasteiger partial charge in [0.25, 0.3) is 5.92 Å². The highest BCUT2D eigenvalue weighted by Crippen LogP contribution is 2.27. The van der Waals surface area contributed by atoms with Gasteiger partial charge in [0.15, 0.2) is 5.78 Å². The Hall–Kier alpha value is -2.39. The minimum atomic E-state index is -3.71. The van der Waals surface area contributed by atoms with Gasteiger partial charge in [0.1, 0.15) is 0 Å². The van der Waals surface area contributed by atoms with Crippen molar-refractivity contribution in [1.82, 2.24) is 9.88 Å². The van der Waals surface area contributed by atoms with Gasteiger partial charge in [-0.25, -0.2) is 17.2 Å². The lowest BCUT2D eigenvalue weighted by atomic mass is 10.2. The summed E-state index contributed by atoms with van der Waals surface area (Å²) >= 11 is 0. The van der Waals surface area contributed by atoms with Gasteiger partial charge in [-0.15, -0.1) is 0 Å². The molecule has 0 unspecified atom stereocenters. The molecular weight excluding hydrogens is 412 g/mol. The quantitative estimate of drug-likeness (QED) is 0.563. The summed E-state index contributed by atoms with van der Waals surface area (Å²) in [5.41, 5.74) is 1.46. The zero-order valence-corrected chi connectivity index (χ0v) is 17.6. The minimum absolute atomic E-state index is 0.0202. The number of anilines is 1. The fourth-order valence-electron chi connectivity index (χ4n) is 3.40. The number of rotatable bonds is 9. The first-order chi connectivity index (χ1) is 14.2. The Kier molecular flexibility index (Phi) is 6.82. The molecule has 0 atom stereocenters. The normalized spacial score (nSPS) is 16.5. The number of carbonyl (C=O) groups excluding carboxylic acids is 1. The molecule has 162 valence electrons. The van der Waals surface area contributed by atoms with Crippen molar-refractivity contribution in [2.75, 3.05) is 29.7 Å². The van der Waals surface area contributed by atoms with Crippen LogP contribution < -0.4 is 4.31 Å². The van der Waals surface area contributed by atoms with Crippen LogP contribution in [0, 0.1) is 0 Å². The van der Waals surface area contributed by atoms with Gasteiger partial charge in [-0.05, 0) is 44.2 Å². The molecule has 3 rings (SSSR count). The SMILES string of the molecule is CC(=O)c1ccc(CN(c2ccccc2)S(=O)(=O)CCCN2CCC(F)(F)C2)nc1. The van der Waals surface area contributed by atoms with E-state index in [0.29, 0.717) is 23.5 Å². The Bertz CT molecular complexity index is 967. The van der Waals surface area contributed by atoms with E-state index in [0.717, 1.165) is 0 Å². The molecule has 30 heavy (non-hydrogen) atoms. The second-order valence-electron chi connectivity index (χ2n) is 7.49. The number of carbonyl (C=O) groups is 1.